The first kappa shape index (κ1) is 18.5. The van der Waals surface area contributed by atoms with Gasteiger partial charge in [0.2, 0.25) is 0 Å². The number of fused-ring (bicyclic) bond motifs is 1. The first-order chi connectivity index (χ1) is 13.7. The summed E-state index contributed by atoms with van der Waals surface area (Å²) in [6.45, 7) is 6.12. The van der Waals surface area contributed by atoms with Crippen LogP contribution in [0.1, 0.15) is 24.6 Å². The largest absolute Gasteiger partial charge is 0.486 e. The molecule has 6 heteroatoms. The summed E-state index contributed by atoms with van der Waals surface area (Å²) in [7, 11) is 1.92. The van der Waals surface area contributed by atoms with Crippen LogP contribution in [0.3, 0.4) is 0 Å². The average molecular weight is 378 g/mol. The number of aryl methyl sites for hydroxylation is 1. The van der Waals surface area contributed by atoms with Crippen LogP contribution in [-0.4, -0.2) is 39.4 Å². The topological polar surface area (TPSA) is 52.4 Å². The highest BCUT2D eigenvalue weighted by Crippen LogP contribution is 2.31. The summed E-state index contributed by atoms with van der Waals surface area (Å²) >= 11 is 0. The fourth-order valence-electron chi connectivity index (χ4n) is 3.46. The molecule has 0 atom stereocenters. The molecule has 1 aromatic carbocycles. The van der Waals surface area contributed by atoms with Crippen LogP contribution in [0.15, 0.2) is 48.9 Å². The number of ether oxygens (including phenoxy) is 2. The fraction of sp³-hybridized carbons (Fsp3) is 0.364. The van der Waals surface area contributed by atoms with Crippen LogP contribution >= 0.6 is 0 Å². The zero-order valence-electron chi connectivity index (χ0n) is 16.5. The third-order valence-corrected chi connectivity index (χ3v) is 4.80. The summed E-state index contributed by atoms with van der Waals surface area (Å²) in [5.41, 5.74) is 4.47. The molecule has 0 saturated heterocycles. The van der Waals surface area contributed by atoms with E-state index in [2.05, 4.69) is 46.2 Å². The van der Waals surface area contributed by atoms with Crippen LogP contribution in [-0.2, 0) is 20.1 Å². The Kier molecular flexibility index (Phi) is 5.58. The van der Waals surface area contributed by atoms with E-state index >= 15 is 0 Å². The second kappa shape index (κ2) is 8.44. The molecule has 3 heterocycles. The van der Waals surface area contributed by atoms with Gasteiger partial charge in [0, 0.05) is 43.7 Å². The third kappa shape index (κ3) is 4.34. The maximum absolute atomic E-state index is 5.72. The lowest BCUT2D eigenvalue weighted by atomic mass is 10.1. The molecular formula is C22H26N4O2. The Balaban J connectivity index is 1.44. The highest BCUT2D eigenvalue weighted by molar-refractivity contribution is 5.60. The van der Waals surface area contributed by atoms with Gasteiger partial charge in [0.1, 0.15) is 13.2 Å². The van der Waals surface area contributed by atoms with Crippen molar-refractivity contribution in [2.45, 2.75) is 26.4 Å². The minimum Gasteiger partial charge on any atom is -0.486 e. The van der Waals surface area contributed by atoms with Gasteiger partial charge in [-0.05, 0) is 36.7 Å². The molecule has 0 N–H and O–H groups in total. The van der Waals surface area contributed by atoms with Gasteiger partial charge >= 0.3 is 0 Å². The van der Waals surface area contributed by atoms with E-state index in [0.717, 1.165) is 54.4 Å². The summed E-state index contributed by atoms with van der Waals surface area (Å²) in [5.74, 6) is 1.68. The summed E-state index contributed by atoms with van der Waals surface area (Å²) in [5, 5.41) is 4.23. The molecule has 4 rings (SSSR count). The molecular weight excluding hydrogens is 352 g/mol. The Hall–Kier alpha value is -2.86. The van der Waals surface area contributed by atoms with Crippen molar-refractivity contribution in [3.63, 3.8) is 0 Å². The molecule has 0 bridgehead atoms. The molecule has 6 nitrogen and oxygen atoms in total. The van der Waals surface area contributed by atoms with Gasteiger partial charge in [-0.25, -0.2) is 0 Å². The standard InChI is InChI=1S/C22H26N4O2/c1-3-8-26(14-17-4-7-21-22(11-17)28-10-9-27-21)16-20-6-5-18(12-23-20)19-13-24-25(2)15-19/h4-7,11-13,15H,3,8-10,14,16H2,1-2H3. The molecule has 0 unspecified atom stereocenters. The predicted molar refractivity (Wildman–Crippen MR) is 108 cm³/mol. The monoisotopic (exact) mass is 378 g/mol. The van der Waals surface area contributed by atoms with Crippen molar-refractivity contribution < 1.29 is 9.47 Å². The smallest absolute Gasteiger partial charge is 0.161 e. The molecule has 146 valence electrons. The van der Waals surface area contributed by atoms with Crippen LogP contribution in [0.2, 0.25) is 0 Å². The van der Waals surface area contributed by atoms with E-state index in [1.54, 1.807) is 4.68 Å². The molecule has 0 spiro atoms. The number of nitrogens with zero attached hydrogens (tertiary/aromatic N) is 4. The van der Waals surface area contributed by atoms with Crippen LogP contribution in [0.5, 0.6) is 11.5 Å². The van der Waals surface area contributed by atoms with Gasteiger partial charge in [-0.15, -0.1) is 0 Å². The zero-order valence-corrected chi connectivity index (χ0v) is 16.5. The van der Waals surface area contributed by atoms with Gasteiger partial charge in [0.05, 0.1) is 11.9 Å². The lowest BCUT2D eigenvalue weighted by Crippen LogP contribution is -2.24. The number of hydrogen-bond donors (Lipinski definition) is 0. The Morgan fingerprint density at radius 1 is 1.00 bits per heavy atom. The van der Waals surface area contributed by atoms with E-state index in [0.29, 0.717) is 13.2 Å². The van der Waals surface area contributed by atoms with Gasteiger partial charge in [-0.3, -0.25) is 14.6 Å². The zero-order chi connectivity index (χ0) is 19.3. The second-order valence-corrected chi connectivity index (χ2v) is 7.13. The molecule has 0 amide bonds. The van der Waals surface area contributed by atoms with E-state index < -0.39 is 0 Å². The first-order valence-electron chi connectivity index (χ1n) is 9.76. The van der Waals surface area contributed by atoms with Crippen molar-refractivity contribution in [2.75, 3.05) is 19.8 Å². The SMILES string of the molecule is CCCN(Cc1ccc2c(c1)OCCO2)Cc1ccc(-c2cnn(C)c2)cn1. The molecule has 0 radical (unpaired) electrons. The summed E-state index contributed by atoms with van der Waals surface area (Å²) in [6.07, 6.45) is 6.89. The number of pyridine rings is 1. The normalized spacial score (nSPS) is 13.1. The Bertz CT molecular complexity index is 921. The van der Waals surface area contributed by atoms with E-state index in [-0.39, 0.29) is 0 Å². The highest BCUT2D eigenvalue weighted by atomic mass is 16.6. The average Bonchev–Trinajstić information content (AvgIpc) is 3.15. The minimum atomic E-state index is 0.613. The van der Waals surface area contributed by atoms with Gasteiger partial charge in [0.25, 0.3) is 0 Å². The van der Waals surface area contributed by atoms with E-state index in [1.807, 2.05) is 31.7 Å². The van der Waals surface area contributed by atoms with Gasteiger partial charge in [-0.1, -0.05) is 19.1 Å². The quantitative estimate of drug-likeness (QED) is 0.628. The fourth-order valence-corrected chi connectivity index (χ4v) is 3.46. The van der Waals surface area contributed by atoms with E-state index in [4.69, 9.17) is 9.47 Å². The van der Waals surface area contributed by atoms with Crippen molar-refractivity contribution >= 4 is 0 Å². The molecule has 0 fully saturated rings. The van der Waals surface area contributed by atoms with Crippen LogP contribution in [0, 0.1) is 0 Å². The van der Waals surface area contributed by atoms with Crippen molar-refractivity contribution in [3.05, 3.63) is 60.2 Å². The molecule has 3 aromatic rings. The van der Waals surface area contributed by atoms with E-state index in [1.165, 1.54) is 5.56 Å². The number of rotatable bonds is 7. The van der Waals surface area contributed by atoms with Gasteiger partial charge in [-0.2, -0.15) is 5.10 Å². The molecule has 28 heavy (non-hydrogen) atoms. The maximum Gasteiger partial charge on any atom is 0.161 e. The molecule has 0 aliphatic carbocycles. The Morgan fingerprint density at radius 3 is 2.57 bits per heavy atom. The molecule has 1 aliphatic rings. The number of hydrogen-bond acceptors (Lipinski definition) is 5. The van der Waals surface area contributed by atoms with Crippen molar-refractivity contribution in [3.8, 4) is 22.6 Å². The summed E-state index contributed by atoms with van der Waals surface area (Å²) in [6, 6.07) is 10.4. The Labute approximate surface area is 165 Å². The van der Waals surface area contributed by atoms with Crippen molar-refractivity contribution in [2.24, 2.45) is 7.05 Å². The van der Waals surface area contributed by atoms with Gasteiger partial charge in [0.15, 0.2) is 11.5 Å². The maximum atomic E-state index is 5.72. The molecule has 1 aliphatic heterocycles. The molecule has 2 aromatic heterocycles. The van der Waals surface area contributed by atoms with Gasteiger partial charge < -0.3 is 9.47 Å². The number of aromatic nitrogens is 3. The third-order valence-electron chi connectivity index (χ3n) is 4.80. The summed E-state index contributed by atoms with van der Waals surface area (Å²) in [4.78, 5) is 7.09. The van der Waals surface area contributed by atoms with Crippen LogP contribution in [0.25, 0.3) is 11.1 Å². The Morgan fingerprint density at radius 2 is 1.86 bits per heavy atom. The van der Waals surface area contributed by atoms with Crippen molar-refractivity contribution in [1.29, 1.82) is 0 Å². The van der Waals surface area contributed by atoms with Crippen molar-refractivity contribution in [1.82, 2.24) is 19.7 Å². The lowest BCUT2D eigenvalue weighted by molar-refractivity contribution is 0.171. The highest BCUT2D eigenvalue weighted by Gasteiger charge is 2.14. The summed E-state index contributed by atoms with van der Waals surface area (Å²) < 4.78 is 13.1. The minimum absolute atomic E-state index is 0.613. The van der Waals surface area contributed by atoms with Crippen LogP contribution < -0.4 is 9.47 Å². The predicted octanol–water partition coefficient (Wildman–Crippen LogP) is 3.67. The van der Waals surface area contributed by atoms with E-state index in [9.17, 15) is 0 Å². The molecule has 0 saturated carbocycles. The first-order valence-corrected chi connectivity index (χ1v) is 9.76. The second-order valence-electron chi connectivity index (χ2n) is 7.13. The number of benzene rings is 1. The van der Waals surface area contributed by atoms with Crippen LogP contribution in [0.4, 0.5) is 0 Å². The lowest BCUT2D eigenvalue weighted by Gasteiger charge is -2.23.